The lowest BCUT2D eigenvalue weighted by molar-refractivity contribution is 0.455. The van der Waals surface area contributed by atoms with Gasteiger partial charge in [-0.2, -0.15) is 0 Å². The van der Waals surface area contributed by atoms with Crippen LogP contribution in [-0.2, 0) is 0 Å². The lowest BCUT2D eigenvalue weighted by Gasteiger charge is -2.05. The van der Waals surface area contributed by atoms with Gasteiger partial charge in [0.1, 0.15) is 11.4 Å². The van der Waals surface area contributed by atoms with Gasteiger partial charge in [0, 0.05) is 11.4 Å². The van der Waals surface area contributed by atoms with Crippen molar-refractivity contribution in [2.24, 2.45) is 0 Å². The van der Waals surface area contributed by atoms with Crippen LogP contribution < -0.4 is 0 Å². The van der Waals surface area contributed by atoms with Gasteiger partial charge >= 0.3 is 0 Å². The topological polar surface area (TPSA) is 66.2 Å². The molecule has 4 heteroatoms. The second-order valence-electron chi connectivity index (χ2n) is 4.03. The van der Waals surface area contributed by atoms with E-state index in [4.69, 9.17) is 0 Å². The summed E-state index contributed by atoms with van der Waals surface area (Å²) in [6.07, 6.45) is 0. The van der Waals surface area contributed by atoms with Gasteiger partial charge in [0.15, 0.2) is 11.5 Å². The number of hydrogen-bond donors (Lipinski definition) is 2. The summed E-state index contributed by atoms with van der Waals surface area (Å²) in [7, 11) is 0. The molecular formula is C14H14N2O2. The molecule has 0 aliphatic rings. The van der Waals surface area contributed by atoms with Crippen LogP contribution in [-0.4, -0.2) is 20.2 Å². The van der Waals surface area contributed by atoms with Crippen molar-refractivity contribution < 1.29 is 10.2 Å². The van der Waals surface area contributed by atoms with Crippen LogP contribution in [0.15, 0.2) is 36.4 Å². The molecule has 92 valence electrons. The predicted octanol–water partition coefficient (Wildman–Crippen LogP) is 3.04. The predicted molar refractivity (Wildman–Crippen MR) is 70.0 cm³/mol. The smallest absolute Gasteiger partial charge is 0.186 e. The molecule has 0 fully saturated rings. The number of aryl methyl sites for hydroxylation is 2. The van der Waals surface area contributed by atoms with Gasteiger partial charge in [0.25, 0.3) is 0 Å². The van der Waals surface area contributed by atoms with Crippen LogP contribution in [0.3, 0.4) is 0 Å². The molecule has 0 atom stereocenters. The first-order chi connectivity index (χ1) is 8.58. The van der Waals surface area contributed by atoms with Gasteiger partial charge in [-0.25, -0.2) is 9.97 Å². The number of hydrogen-bond acceptors (Lipinski definition) is 4. The second kappa shape index (κ2) is 4.87. The summed E-state index contributed by atoms with van der Waals surface area (Å²) in [6.45, 7) is 3.64. The molecule has 0 unspecified atom stereocenters. The van der Waals surface area contributed by atoms with Crippen molar-refractivity contribution in [3.8, 4) is 0 Å². The van der Waals surface area contributed by atoms with Crippen molar-refractivity contribution in [2.45, 2.75) is 13.8 Å². The first-order valence-electron chi connectivity index (χ1n) is 5.58. The molecule has 0 aliphatic carbocycles. The molecule has 18 heavy (non-hydrogen) atoms. The van der Waals surface area contributed by atoms with Crippen molar-refractivity contribution in [3.63, 3.8) is 0 Å². The average molecular weight is 242 g/mol. The summed E-state index contributed by atoms with van der Waals surface area (Å²) in [4.78, 5) is 8.29. The standard InChI is InChI=1S/C14H14N2O2/c1-9-5-3-7-11(15-9)13(17)14(18)12-8-4-6-10(2)16-12/h3-8,17-18H,1-2H3/b14-13+. The Morgan fingerprint density at radius 3 is 1.50 bits per heavy atom. The Morgan fingerprint density at radius 2 is 1.17 bits per heavy atom. The van der Waals surface area contributed by atoms with E-state index in [1.165, 1.54) is 0 Å². The molecule has 2 aromatic rings. The minimum Gasteiger partial charge on any atom is -0.503 e. The van der Waals surface area contributed by atoms with E-state index in [0.717, 1.165) is 11.4 Å². The molecular weight excluding hydrogens is 228 g/mol. The molecule has 0 saturated heterocycles. The van der Waals surface area contributed by atoms with Crippen LogP contribution in [0.1, 0.15) is 22.8 Å². The summed E-state index contributed by atoms with van der Waals surface area (Å²) in [6, 6.07) is 10.4. The van der Waals surface area contributed by atoms with E-state index in [-0.39, 0.29) is 11.5 Å². The summed E-state index contributed by atoms with van der Waals surface area (Å²) in [5.41, 5.74) is 2.19. The molecule has 2 N–H and O–H groups in total. The third kappa shape index (κ3) is 2.48. The van der Waals surface area contributed by atoms with Gasteiger partial charge in [-0.3, -0.25) is 0 Å². The SMILES string of the molecule is Cc1cccc(/C(O)=C(\O)c2cccc(C)n2)n1. The summed E-state index contributed by atoms with van der Waals surface area (Å²) in [5.74, 6) is -0.534. The Bertz CT molecular complexity index is 553. The fraction of sp³-hybridized carbons (Fsp3) is 0.143. The lowest BCUT2D eigenvalue weighted by atomic mass is 10.2. The highest BCUT2D eigenvalue weighted by molar-refractivity contribution is 5.79. The van der Waals surface area contributed by atoms with Crippen LogP contribution in [0.2, 0.25) is 0 Å². The van der Waals surface area contributed by atoms with Gasteiger partial charge in [-0.05, 0) is 38.1 Å². The molecule has 0 saturated carbocycles. The fourth-order valence-corrected chi connectivity index (χ4v) is 1.59. The number of aliphatic hydroxyl groups is 2. The average Bonchev–Trinajstić information content (AvgIpc) is 2.37. The number of pyridine rings is 2. The molecule has 2 aromatic heterocycles. The van der Waals surface area contributed by atoms with Crippen LogP contribution in [0, 0.1) is 13.8 Å². The van der Waals surface area contributed by atoms with Crippen molar-refractivity contribution >= 4 is 11.5 Å². The highest BCUT2D eigenvalue weighted by Crippen LogP contribution is 2.19. The lowest BCUT2D eigenvalue weighted by Crippen LogP contribution is -1.97. The zero-order valence-corrected chi connectivity index (χ0v) is 10.3. The summed E-state index contributed by atoms with van der Waals surface area (Å²) >= 11 is 0. The van der Waals surface area contributed by atoms with Gasteiger partial charge in [-0.15, -0.1) is 0 Å². The fourth-order valence-electron chi connectivity index (χ4n) is 1.59. The van der Waals surface area contributed by atoms with Gasteiger partial charge in [-0.1, -0.05) is 12.1 Å². The Labute approximate surface area is 105 Å². The quantitative estimate of drug-likeness (QED) is 0.794. The zero-order valence-electron chi connectivity index (χ0n) is 10.3. The van der Waals surface area contributed by atoms with Crippen LogP contribution in [0.4, 0.5) is 0 Å². The molecule has 0 radical (unpaired) electrons. The highest BCUT2D eigenvalue weighted by atomic mass is 16.3. The number of aliphatic hydroxyl groups excluding tert-OH is 2. The van der Waals surface area contributed by atoms with E-state index in [1.54, 1.807) is 24.3 Å². The van der Waals surface area contributed by atoms with Crippen molar-refractivity contribution in [2.75, 3.05) is 0 Å². The van der Waals surface area contributed by atoms with E-state index in [2.05, 4.69) is 9.97 Å². The Balaban J connectivity index is 2.47. The largest absolute Gasteiger partial charge is 0.503 e. The third-order valence-electron chi connectivity index (χ3n) is 2.49. The monoisotopic (exact) mass is 242 g/mol. The second-order valence-corrected chi connectivity index (χ2v) is 4.03. The zero-order chi connectivity index (χ0) is 13.1. The maximum Gasteiger partial charge on any atom is 0.186 e. The molecule has 0 aromatic carbocycles. The Kier molecular flexibility index (Phi) is 3.28. The van der Waals surface area contributed by atoms with Gasteiger partial charge in [0.2, 0.25) is 0 Å². The van der Waals surface area contributed by atoms with Gasteiger partial charge < -0.3 is 10.2 Å². The third-order valence-corrected chi connectivity index (χ3v) is 2.49. The first kappa shape index (κ1) is 12.1. The normalized spacial score (nSPS) is 12.1. The van der Waals surface area contributed by atoms with Gasteiger partial charge in [0.05, 0.1) is 0 Å². The summed E-state index contributed by atoms with van der Waals surface area (Å²) < 4.78 is 0. The van der Waals surface area contributed by atoms with E-state index in [1.807, 2.05) is 26.0 Å². The molecule has 0 bridgehead atoms. The van der Waals surface area contributed by atoms with Crippen molar-refractivity contribution in [3.05, 3.63) is 59.2 Å². The van der Waals surface area contributed by atoms with Crippen LogP contribution >= 0.6 is 0 Å². The molecule has 0 spiro atoms. The number of aromatic nitrogens is 2. The van der Waals surface area contributed by atoms with E-state index >= 15 is 0 Å². The maximum absolute atomic E-state index is 9.98. The van der Waals surface area contributed by atoms with Crippen LogP contribution in [0.25, 0.3) is 11.5 Å². The minimum atomic E-state index is -0.267. The summed E-state index contributed by atoms with van der Waals surface area (Å²) in [5, 5.41) is 20.0. The van der Waals surface area contributed by atoms with Crippen molar-refractivity contribution in [1.29, 1.82) is 0 Å². The van der Waals surface area contributed by atoms with Crippen molar-refractivity contribution in [1.82, 2.24) is 9.97 Å². The maximum atomic E-state index is 9.98. The van der Waals surface area contributed by atoms with E-state index in [9.17, 15) is 10.2 Å². The molecule has 0 aliphatic heterocycles. The first-order valence-corrected chi connectivity index (χ1v) is 5.58. The Hall–Kier alpha value is -2.36. The van der Waals surface area contributed by atoms with Crippen LogP contribution in [0.5, 0.6) is 0 Å². The number of rotatable bonds is 2. The Morgan fingerprint density at radius 1 is 0.778 bits per heavy atom. The minimum absolute atomic E-state index is 0.267. The molecule has 2 heterocycles. The highest BCUT2D eigenvalue weighted by Gasteiger charge is 2.11. The van der Waals surface area contributed by atoms with E-state index < -0.39 is 0 Å². The van der Waals surface area contributed by atoms with E-state index in [0.29, 0.717) is 11.4 Å². The number of nitrogens with zero attached hydrogens (tertiary/aromatic N) is 2. The molecule has 0 amide bonds. The molecule has 2 rings (SSSR count). The molecule has 4 nitrogen and oxygen atoms in total.